The number of quaternary nitrogens is 1. The second-order valence-electron chi connectivity index (χ2n) is 23.5. The summed E-state index contributed by atoms with van der Waals surface area (Å²) in [7, 11) is 1.57. The van der Waals surface area contributed by atoms with Gasteiger partial charge in [0.05, 0.1) is 39.9 Å². The molecule has 0 rings (SSSR count). The van der Waals surface area contributed by atoms with Crippen molar-refractivity contribution in [2.24, 2.45) is 0 Å². The van der Waals surface area contributed by atoms with Crippen LogP contribution >= 0.6 is 7.82 Å². The van der Waals surface area contributed by atoms with Gasteiger partial charge in [-0.05, 0) is 32.1 Å². The van der Waals surface area contributed by atoms with E-state index in [4.69, 9.17) is 9.05 Å². The number of aliphatic hydroxyl groups is 1. The molecular weight excluding hydrogens is 924 g/mol. The Morgan fingerprint density at radius 3 is 1.10 bits per heavy atom. The van der Waals surface area contributed by atoms with E-state index in [2.05, 4.69) is 31.3 Å². The van der Waals surface area contributed by atoms with Crippen LogP contribution in [0.15, 0.2) is 24.3 Å². The van der Waals surface area contributed by atoms with Crippen molar-refractivity contribution < 1.29 is 32.9 Å². The molecule has 9 heteroatoms. The number of nitrogens with one attached hydrogen (secondary N) is 1. The summed E-state index contributed by atoms with van der Waals surface area (Å²) in [6, 6.07) is -0.861. The third-order valence-electron chi connectivity index (χ3n) is 14.9. The molecule has 0 aliphatic carbocycles. The number of carbonyl (C=O) groups excluding carboxylic acids is 1. The van der Waals surface area contributed by atoms with Crippen molar-refractivity contribution in [2.75, 3.05) is 40.9 Å². The van der Waals surface area contributed by atoms with Gasteiger partial charge >= 0.3 is 7.82 Å². The molecule has 0 spiro atoms. The minimum Gasteiger partial charge on any atom is -0.387 e. The minimum atomic E-state index is -4.35. The van der Waals surface area contributed by atoms with Gasteiger partial charge in [0.25, 0.3) is 0 Å². The zero-order chi connectivity index (χ0) is 53.5. The van der Waals surface area contributed by atoms with Gasteiger partial charge in [0.1, 0.15) is 13.2 Å². The highest BCUT2D eigenvalue weighted by atomic mass is 31.2. The summed E-state index contributed by atoms with van der Waals surface area (Å²) in [6.07, 6.45) is 71.7. The van der Waals surface area contributed by atoms with E-state index in [1.54, 1.807) is 6.08 Å². The van der Waals surface area contributed by atoms with E-state index in [0.29, 0.717) is 17.4 Å². The number of phosphoric acid groups is 1. The molecule has 0 bridgehead atoms. The molecule has 0 heterocycles. The fourth-order valence-electron chi connectivity index (χ4n) is 9.89. The second kappa shape index (κ2) is 55.7. The maximum absolute atomic E-state index is 13.0. The third kappa shape index (κ3) is 58.5. The Morgan fingerprint density at radius 2 is 0.753 bits per heavy atom. The number of hydrogen-bond donors (Lipinski definition) is 3. The molecule has 0 saturated heterocycles. The lowest BCUT2D eigenvalue weighted by molar-refractivity contribution is -0.870. The van der Waals surface area contributed by atoms with Crippen LogP contribution in [0.5, 0.6) is 0 Å². The minimum absolute atomic E-state index is 0.0589. The molecule has 0 radical (unpaired) electrons. The Hall–Kier alpha value is -1.02. The van der Waals surface area contributed by atoms with Crippen LogP contribution in [-0.2, 0) is 18.4 Å². The van der Waals surface area contributed by atoms with Gasteiger partial charge in [-0.2, -0.15) is 0 Å². The average molecular weight is 1050 g/mol. The fourth-order valence-corrected chi connectivity index (χ4v) is 10.6. The van der Waals surface area contributed by atoms with Crippen LogP contribution in [0.3, 0.4) is 0 Å². The lowest BCUT2D eigenvalue weighted by Gasteiger charge is -2.25. The first-order valence-corrected chi connectivity index (χ1v) is 33.7. The van der Waals surface area contributed by atoms with Gasteiger partial charge in [-0.15, -0.1) is 0 Å². The Labute approximate surface area is 455 Å². The van der Waals surface area contributed by atoms with Crippen LogP contribution in [0, 0.1) is 0 Å². The summed E-state index contributed by atoms with van der Waals surface area (Å²) in [5, 5.41) is 14.0. The van der Waals surface area contributed by atoms with Crippen molar-refractivity contribution in [3.05, 3.63) is 24.3 Å². The van der Waals surface area contributed by atoms with E-state index in [-0.39, 0.29) is 19.1 Å². The van der Waals surface area contributed by atoms with Crippen LogP contribution in [0.25, 0.3) is 0 Å². The van der Waals surface area contributed by atoms with Crippen molar-refractivity contribution in [1.29, 1.82) is 0 Å². The van der Waals surface area contributed by atoms with Gasteiger partial charge in [0, 0.05) is 6.42 Å². The van der Waals surface area contributed by atoms with E-state index >= 15 is 0 Å². The molecule has 0 aromatic heterocycles. The molecule has 8 nitrogen and oxygen atoms in total. The number of allylic oxidation sites excluding steroid dienone is 3. The van der Waals surface area contributed by atoms with Crippen LogP contribution in [-0.4, -0.2) is 73.4 Å². The molecular formula is C64H128N2O6P+. The zero-order valence-corrected chi connectivity index (χ0v) is 50.5. The molecule has 0 saturated carbocycles. The maximum atomic E-state index is 13.0. The number of nitrogens with zero attached hydrogens (tertiary/aromatic N) is 1. The van der Waals surface area contributed by atoms with Crippen molar-refractivity contribution >= 4 is 13.7 Å². The largest absolute Gasteiger partial charge is 0.472 e. The van der Waals surface area contributed by atoms with E-state index < -0.39 is 20.0 Å². The van der Waals surface area contributed by atoms with Crippen molar-refractivity contribution in [3.8, 4) is 0 Å². The lowest BCUT2D eigenvalue weighted by Crippen LogP contribution is -2.45. The summed E-state index contributed by atoms with van der Waals surface area (Å²) in [4.78, 5) is 23.3. The van der Waals surface area contributed by atoms with Gasteiger partial charge in [0.2, 0.25) is 5.91 Å². The van der Waals surface area contributed by atoms with Crippen molar-refractivity contribution in [3.63, 3.8) is 0 Å². The quantitative estimate of drug-likeness (QED) is 0.0243. The Bertz CT molecular complexity index is 1240. The summed E-state index contributed by atoms with van der Waals surface area (Å²) >= 11 is 0. The Balaban J connectivity index is 4.11. The third-order valence-corrected chi connectivity index (χ3v) is 15.9. The standard InChI is InChI=1S/C64H127N2O6P/c1-6-8-10-12-14-16-18-20-22-24-26-28-29-30-31-32-33-34-35-36-37-38-39-41-43-45-47-49-51-53-55-57-63(67)62(61-72-73(69,70)71-60-59-66(3,4)5)65-64(68)58-56-54-52-50-48-46-44-42-40-27-25-23-21-19-17-15-13-11-9-7-2/h47,49,55,57,62-63,67H,6-46,48,50-54,56,58-61H2,1-5H3,(H-,65,68,69,70)/p+1/b49-47+,57-55+. The topological polar surface area (TPSA) is 105 Å². The molecule has 0 aliphatic heterocycles. The first-order valence-electron chi connectivity index (χ1n) is 32.2. The number of phosphoric ester groups is 1. The Morgan fingerprint density at radius 1 is 0.452 bits per heavy atom. The fraction of sp³-hybridized carbons (Fsp3) is 0.922. The van der Waals surface area contributed by atoms with E-state index in [1.807, 2.05) is 27.2 Å². The molecule has 1 amide bonds. The molecule has 0 aromatic rings. The van der Waals surface area contributed by atoms with Crippen LogP contribution in [0.4, 0.5) is 0 Å². The van der Waals surface area contributed by atoms with Crippen LogP contribution in [0.2, 0.25) is 0 Å². The van der Waals surface area contributed by atoms with E-state index in [1.165, 1.54) is 270 Å². The smallest absolute Gasteiger partial charge is 0.387 e. The SMILES string of the molecule is CCCCCCCCCCCCCCCCCCCCCCCCCCC/C=C/CC/C=C/C(O)C(COP(=O)(O)OCC[N+](C)(C)C)NC(=O)CCCCCCCCCCCCCCCCCCCCCC. The van der Waals surface area contributed by atoms with Gasteiger partial charge in [-0.25, -0.2) is 4.57 Å². The monoisotopic (exact) mass is 1050 g/mol. The number of hydrogen-bond acceptors (Lipinski definition) is 5. The van der Waals surface area contributed by atoms with Crippen LogP contribution < -0.4 is 5.32 Å². The molecule has 0 fully saturated rings. The van der Waals surface area contributed by atoms with Crippen molar-refractivity contribution in [2.45, 2.75) is 341 Å². The number of rotatable bonds is 60. The number of carbonyl (C=O) groups is 1. The summed E-state index contributed by atoms with van der Waals surface area (Å²) < 4.78 is 23.7. The molecule has 73 heavy (non-hydrogen) atoms. The zero-order valence-electron chi connectivity index (χ0n) is 49.7. The Kier molecular flexibility index (Phi) is 54.9. The predicted octanol–water partition coefficient (Wildman–Crippen LogP) is 19.9. The normalized spacial score (nSPS) is 13.9. The molecule has 3 N–H and O–H groups in total. The van der Waals surface area contributed by atoms with Gasteiger partial charge in [-0.1, -0.05) is 314 Å². The average Bonchev–Trinajstić information content (AvgIpc) is 3.35. The number of likely N-dealkylation sites (N-methyl/N-ethyl adjacent to an activating group) is 1. The number of unbranched alkanes of at least 4 members (excludes halogenated alkanes) is 45. The first kappa shape index (κ1) is 72.0. The summed E-state index contributed by atoms with van der Waals surface area (Å²) in [5.41, 5.74) is 0. The van der Waals surface area contributed by atoms with Gasteiger partial charge < -0.3 is 19.8 Å². The lowest BCUT2D eigenvalue weighted by atomic mass is 10.0. The highest BCUT2D eigenvalue weighted by molar-refractivity contribution is 7.47. The van der Waals surface area contributed by atoms with E-state index in [9.17, 15) is 19.4 Å². The maximum Gasteiger partial charge on any atom is 0.472 e. The second-order valence-corrected chi connectivity index (χ2v) is 24.9. The molecule has 3 atom stereocenters. The molecule has 3 unspecified atom stereocenters. The van der Waals surface area contributed by atoms with E-state index in [0.717, 1.165) is 38.5 Å². The number of amides is 1. The molecule has 0 aliphatic rings. The first-order chi connectivity index (χ1) is 35.5. The highest BCUT2D eigenvalue weighted by Gasteiger charge is 2.27. The summed E-state index contributed by atoms with van der Waals surface area (Å²) in [5.74, 6) is -0.180. The van der Waals surface area contributed by atoms with Gasteiger partial charge in [0.15, 0.2) is 0 Å². The van der Waals surface area contributed by atoms with Crippen LogP contribution in [0.1, 0.15) is 328 Å². The summed E-state index contributed by atoms with van der Waals surface area (Å²) in [6.45, 7) is 4.85. The molecule has 0 aromatic carbocycles. The van der Waals surface area contributed by atoms with Crippen molar-refractivity contribution in [1.82, 2.24) is 5.32 Å². The predicted molar refractivity (Wildman–Crippen MR) is 318 cm³/mol. The molecule has 434 valence electrons. The highest BCUT2D eigenvalue weighted by Crippen LogP contribution is 2.43. The number of aliphatic hydroxyl groups excluding tert-OH is 1. The van der Waals surface area contributed by atoms with Gasteiger partial charge in [-0.3, -0.25) is 13.8 Å².